The van der Waals surface area contributed by atoms with E-state index in [2.05, 4.69) is 0 Å². The van der Waals surface area contributed by atoms with Gasteiger partial charge in [-0.05, 0) is 19.3 Å². The van der Waals surface area contributed by atoms with E-state index in [1.807, 2.05) is 51.1 Å². The maximum atomic E-state index is 12.1. The van der Waals surface area contributed by atoms with Crippen LogP contribution in [0, 0.1) is 5.92 Å². The fourth-order valence-electron chi connectivity index (χ4n) is 2.09. The zero-order valence-electron chi connectivity index (χ0n) is 10.9. The van der Waals surface area contributed by atoms with Crippen LogP contribution in [0.1, 0.15) is 50.4 Å². The summed E-state index contributed by atoms with van der Waals surface area (Å²) in [5.41, 5.74) is 0.0266. The molecule has 2 heteroatoms. The summed E-state index contributed by atoms with van der Waals surface area (Å²) in [6, 6.07) is 9.29. The zero-order valence-corrected chi connectivity index (χ0v) is 10.9. The molecule has 0 fully saturated rings. The number of aliphatic hydroxyl groups is 1. The minimum atomic E-state index is -0.705. The van der Waals surface area contributed by atoms with Gasteiger partial charge < -0.3 is 5.11 Å². The molecule has 0 aromatic heterocycles. The van der Waals surface area contributed by atoms with Crippen LogP contribution in [0.2, 0.25) is 0 Å². The highest BCUT2D eigenvalue weighted by Gasteiger charge is 2.28. The number of benzene rings is 1. The van der Waals surface area contributed by atoms with Gasteiger partial charge >= 0.3 is 0 Å². The number of Topliss-reactive ketones (excluding diaryl/α,β-unsaturated/α-hetero) is 1. The first-order valence-electron chi connectivity index (χ1n) is 6.34. The summed E-state index contributed by atoms with van der Waals surface area (Å²) in [5.74, 6) is -0.0202. The highest BCUT2D eigenvalue weighted by molar-refractivity contribution is 5.97. The summed E-state index contributed by atoms with van der Waals surface area (Å²) in [5, 5.41) is 10.2. The lowest BCUT2D eigenvalue weighted by Gasteiger charge is -2.28. The maximum Gasteiger partial charge on any atom is 0.165 e. The molecule has 1 rings (SSSR count). The average Bonchev–Trinajstić information content (AvgIpc) is 2.38. The third-order valence-electron chi connectivity index (χ3n) is 3.51. The van der Waals surface area contributed by atoms with Crippen molar-refractivity contribution in [1.29, 1.82) is 0 Å². The highest BCUT2D eigenvalue weighted by Crippen LogP contribution is 2.26. The summed E-state index contributed by atoms with van der Waals surface area (Å²) >= 11 is 0. The molecule has 0 spiro atoms. The van der Waals surface area contributed by atoms with E-state index in [9.17, 15) is 9.90 Å². The van der Waals surface area contributed by atoms with E-state index in [4.69, 9.17) is 0 Å². The SMILES string of the molecule is CCC(O)(CC)CC(C)C(=O)c1ccccc1. The molecule has 1 atom stereocenters. The predicted octanol–water partition coefficient (Wildman–Crippen LogP) is 3.45. The van der Waals surface area contributed by atoms with Crippen LogP contribution in [-0.2, 0) is 0 Å². The Hall–Kier alpha value is -1.15. The number of ketones is 1. The van der Waals surface area contributed by atoms with Crippen molar-refractivity contribution < 1.29 is 9.90 Å². The van der Waals surface area contributed by atoms with Gasteiger partial charge in [0.25, 0.3) is 0 Å². The van der Waals surface area contributed by atoms with Crippen LogP contribution in [0.5, 0.6) is 0 Å². The molecule has 0 aliphatic carbocycles. The van der Waals surface area contributed by atoms with Crippen molar-refractivity contribution >= 4 is 5.78 Å². The van der Waals surface area contributed by atoms with E-state index in [1.165, 1.54) is 0 Å². The smallest absolute Gasteiger partial charge is 0.165 e. The molecule has 17 heavy (non-hydrogen) atoms. The summed E-state index contributed by atoms with van der Waals surface area (Å²) in [7, 11) is 0. The van der Waals surface area contributed by atoms with Crippen LogP contribution in [0.25, 0.3) is 0 Å². The molecular formula is C15H22O2. The Morgan fingerprint density at radius 3 is 2.24 bits per heavy atom. The van der Waals surface area contributed by atoms with Crippen molar-refractivity contribution in [2.45, 2.75) is 45.6 Å². The molecule has 1 aromatic rings. The first-order valence-corrected chi connectivity index (χ1v) is 6.34. The molecule has 0 radical (unpaired) electrons. The maximum absolute atomic E-state index is 12.1. The van der Waals surface area contributed by atoms with Crippen molar-refractivity contribution in [2.75, 3.05) is 0 Å². The molecule has 0 saturated heterocycles. The Morgan fingerprint density at radius 2 is 1.76 bits per heavy atom. The summed E-state index contributed by atoms with van der Waals surface area (Å²) in [6.45, 7) is 5.82. The normalized spacial score (nSPS) is 13.4. The number of rotatable bonds is 6. The monoisotopic (exact) mass is 234 g/mol. The van der Waals surface area contributed by atoms with Gasteiger partial charge in [-0.25, -0.2) is 0 Å². The van der Waals surface area contributed by atoms with Crippen molar-refractivity contribution in [1.82, 2.24) is 0 Å². The van der Waals surface area contributed by atoms with Crippen molar-refractivity contribution in [2.24, 2.45) is 5.92 Å². The second kappa shape index (κ2) is 5.97. The Bertz CT molecular complexity index is 352. The van der Waals surface area contributed by atoms with Crippen LogP contribution in [0.3, 0.4) is 0 Å². The van der Waals surface area contributed by atoms with E-state index in [0.717, 1.165) is 5.56 Å². The van der Waals surface area contributed by atoms with Gasteiger partial charge in [-0.3, -0.25) is 4.79 Å². The van der Waals surface area contributed by atoms with Gasteiger partial charge in [0.15, 0.2) is 5.78 Å². The molecular weight excluding hydrogens is 212 g/mol. The Labute approximate surface area is 104 Å². The van der Waals surface area contributed by atoms with E-state index in [-0.39, 0.29) is 11.7 Å². The standard InChI is InChI=1S/C15H22O2/c1-4-15(17,5-2)11-12(3)14(16)13-9-7-6-8-10-13/h6-10,12,17H,4-5,11H2,1-3H3. The molecule has 0 aliphatic rings. The molecule has 0 bridgehead atoms. The zero-order chi connectivity index (χ0) is 12.9. The van der Waals surface area contributed by atoms with Crippen LogP contribution in [-0.4, -0.2) is 16.5 Å². The van der Waals surface area contributed by atoms with Gasteiger partial charge in [0.1, 0.15) is 0 Å². The Balaban J connectivity index is 2.71. The highest BCUT2D eigenvalue weighted by atomic mass is 16.3. The molecule has 2 nitrogen and oxygen atoms in total. The van der Waals surface area contributed by atoms with Gasteiger partial charge in [-0.15, -0.1) is 0 Å². The van der Waals surface area contributed by atoms with E-state index in [0.29, 0.717) is 19.3 Å². The van der Waals surface area contributed by atoms with Crippen LogP contribution in [0.15, 0.2) is 30.3 Å². The molecule has 0 aliphatic heterocycles. The largest absolute Gasteiger partial charge is 0.390 e. The summed E-state index contributed by atoms with van der Waals surface area (Å²) < 4.78 is 0. The van der Waals surface area contributed by atoms with Gasteiger partial charge in [0.05, 0.1) is 5.60 Å². The van der Waals surface area contributed by atoms with Crippen LogP contribution in [0.4, 0.5) is 0 Å². The van der Waals surface area contributed by atoms with Crippen LogP contribution >= 0.6 is 0 Å². The minimum Gasteiger partial charge on any atom is -0.390 e. The van der Waals surface area contributed by atoms with Gasteiger partial charge in [-0.1, -0.05) is 51.1 Å². The fourth-order valence-corrected chi connectivity index (χ4v) is 2.09. The molecule has 0 saturated carbocycles. The van der Waals surface area contributed by atoms with Crippen LogP contribution < -0.4 is 0 Å². The minimum absolute atomic E-state index is 0.117. The molecule has 0 heterocycles. The van der Waals surface area contributed by atoms with Crippen molar-refractivity contribution in [3.8, 4) is 0 Å². The predicted molar refractivity (Wildman–Crippen MR) is 70.1 cm³/mol. The number of carbonyl (C=O) groups excluding carboxylic acids is 1. The Kier molecular flexibility index (Phi) is 4.88. The first-order chi connectivity index (χ1) is 8.02. The van der Waals surface area contributed by atoms with E-state index in [1.54, 1.807) is 0 Å². The Morgan fingerprint density at radius 1 is 1.24 bits per heavy atom. The third kappa shape index (κ3) is 3.67. The first kappa shape index (κ1) is 13.9. The van der Waals surface area contributed by atoms with Gasteiger partial charge in [0, 0.05) is 11.5 Å². The molecule has 0 amide bonds. The van der Waals surface area contributed by atoms with Gasteiger partial charge in [0.2, 0.25) is 0 Å². The third-order valence-corrected chi connectivity index (χ3v) is 3.51. The quantitative estimate of drug-likeness (QED) is 0.765. The number of hydrogen-bond acceptors (Lipinski definition) is 2. The topological polar surface area (TPSA) is 37.3 Å². The fraction of sp³-hybridized carbons (Fsp3) is 0.533. The molecule has 1 aromatic carbocycles. The van der Waals surface area contributed by atoms with E-state index < -0.39 is 5.60 Å². The number of hydrogen-bond donors (Lipinski definition) is 1. The second-order valence-electron chi connectivity index (χ2n) is 4.77. The van der Waals surface area contributed by atoms with Crippen molar-refractivity contribution in [3.05, 3.63) is 35.9 Å². The molecule has 1 N–H and O–H groups in total. The average molecular weight is 234 g/mol. The lowest BCUT2D eigenvalue weighted by Crippen LogP contribution is -2.31. The van der Waals surface area contributed by atoms with Gasteiger partial charge in [-0.2, -0.15) is 0 Å². The summed E-state index contributed by atoms with van der Waals surface area (Å²) in [6.07, 6.45) is 1.92. The second-order valence-corrected chi connectivity index (χ2v) is 4.77. The lowest BCUT2D eigenvalue weighted by molar-refractivity contribution is 0.0108. The lowest BCUT2D eigenvalue weighted by atomic mass is 9.84. The summed E-state index contributed by atoms with van der Waals surface area (Å²) in [4.78, 5) is 12.1. The van der Waals surface area contributed by atoms with Crippen molar-refractivity contribution in [3.63, 3.8) is 0 Å². The number of carbonyl (C=O) groups is 1. The molecule has 1 unspecified atom stereocenters. The molecule has 94 valence electrons. The van der Waals surface area contributed by atoms with E-state index >= 15 is 0 Å².